The van der Waals surface area contributed by atoms with Crippen LogP contribution >= 0.6 is 11.6 Å². The Morgan fingerprint density at radius 1 is 1.00 bits per heavy atom. The van der Waals surface area contributed by atoms with Crippen molar-refractivity contribution in [2.24, 2.45) is 0 Å². The summed E-state index contributed by atoms with van der Waals surface area (Å²) < 4.78 is 32.6. The zero-order valence-corrected chi connectivity index (χ0v) is 16.0. The molecule has 0 aliphatic carbocycles. The maximum absolute atomic E-state index is 12.7. The predicted molar refractivity (Wildman–Crippen MR) is 101 cm³/mol. The molecule has 0 spiro atoms. The lowest BCUT2D eigenvalue weighted by atomic mass is 10.1. The average molecular weight is 393 g/mol. The van der Waals surface area contributed by atoms with E-state index >= 15 is 0 Å². The molecule has 0 amide bonds. The molecule has 0 saturated carbocycles. The van der Waals surface area contributed by atoms with Crippen LogP contribution in [0.4, 0.5) is 0 Å². The van der Waals surface area contributed by atoms with Crippen molar-refractivity contribution in [1.29, 1.82) is 0 Å². The Hall–Kier alpha value is -1.60. The van der Waals surface area contributed by atoms with Crippen molar-refractivity contribution in [1.82, 2.24) is 9.21 Å². The van der Waals surface area contributed by atoms with Crippen molar-refractivity contribution < 1.29 is 13.2 Å². The Morgan fingerprint density at radius 3 is 2.46 bits per heavy atom. The number of halogens is 1. The molecule has 0 bridgehead atoms. The highest BCUT2D eigenvalue weighted by Gasteiger charge is 2.28. The topological polar surface area (TPSA) is 49.9 Å². The van der Waals surface area contributed by atoms with E-state index in [0.29, 0.717) is 23.0 Å². The van der Waals surface area contributed by atoms with Crippen LogP contribution in [0.1, 0.15) is 11.1 Å². The van der Waals surface area contributed by atoms with E-state index in [1.54, 1.807) is 28.6 Å². The highest BCUT2D eigenvalue weighted by atomic mass is 35.5. The van der Waals surface area contributed by atoms with Crippen LogP contribution in [0.15, 0.2) is 47.4 Å². The summed E-state index contributed by atoms with van der Waals surface area (Å²) in [4.78, 5) is 2.60. The van der Waals surface area contributed by atoms with Crippen molar-refractivity contribution in [3.05, 3.63) is 58.6 Å². The summed E-state index contributed by atoms with van der Waals surface area (Å²) in [6.07, 6.45) is 0.969. The Bertz CT molecular complexity index is 892. The van der Waals surface area contributed by atoms with E-state index in [0.717, 1.165) is 38.4 Å². The van der Waals surface area contributed by atoms with Gasteiger partial charge in [-0.2, -0.15) is 4.31 Å². The summed E-state index contributed by atoms with van der Waals surface area (Å²) in [5.41, 5.74) is 2.52. The van der Waals surface area contributed by atoms with E-state index in [4.69, 9.17) is 16.3 Å². The monoisotopic (exact) mass is 392 g/mol. The second kappa shape index (κ2) is 7.19. The standard InChI is InChI=1S/C19H21ClN2O3S/c20-17-2-4-18(5-3-17)26(23,24)22-10-8-21(9-11-22)14-15-1-6-19-16(13-15)7-12-25-19/h1-6,13H,7-12,14H2. The maximum Gasteiger partial charge on any atom is 0.243 e. The lowest BCUT2D eigenvalue weighted by Gasteiger charge is -2.34. The van der Waals surface area contributed by atoms with Crippen molar-refractivity contribution in [3.63, 3.8) is 0 Å². The highest BCUT2D eigenvalue weighted by Crippen LogP contribution is 2.27. The van der Waals surface area contributed by atoms with E-state index in [9.17, 15) is 8.42 Å². The van der Waals surface area contributed by atoms with Gasteiger partial charge < -0.3 is 4.74 Å². The molecule has 0 aromatic heterocycles. The van der Waals surface area contributed by atoms with Gasteiger partial charge in [-0.15, -0.1) is 0 Å². The lowest BCUT2D eigenvalue weighted by Crippen LogP contribution is -2.48. The number of sulfonamides is 1. The van der Waals surface area contributed by atoms with Crippen molar-refractivity contribution in [2.45, 2.75) is 17.9 Å². The number of fused-ring (bicyclic) bond motifs is 1. The smallest absolute Gasteiger partial charge is 0.243 e. The van der Waals surface area contributed by atoms with Crippen LogP contribution < -0.4 is 4.74 Å². The van der Waals surface area contributed by atoms with Gasteiger partial charge in [-0.1, -0.05) is 23.7 Å². The summed E-state index contributed by atoms with van der Waals surface area (Å²) in [7, 11) is -3.45. The number of piperazine rings is 1. The Kier molecular flexibility index (Phi) is 4.92. The van der Waals surface area contributed by atoms with Crippen LogP contribution in [0.3, 0.4) is 0 Å². The molecule has 5 nitrogen and oxygen atoms in total. The van der Waals surface area contributed by atoms with E-state index in [1.165, 1.54) is 11.1 Å². The van der Waals surface area contributed by atoms with Crippen LogP contribution in [-0.2, 0) is 23.0 Å². The summed E-state index contributed by atoms with van der Waals surface area (Å²) in [5.74, 6) is 0.993. The van der Waals surface area contributed by atoms with Gasteiger partial charge in [-0.25, -0.2) is 8.42 Å². The average Bonchev–Trinajstić information content (AvgIpc) is 3.10. The van der Waals surface area contributed by atoms with Gasteiger partial charge in [0.1, 0.15) is 5.75 Å². The van der Waals surface area contributed by atoms with Gasteiger partial charge in [-0.3, -0.25) is 4.90 Å². The van der Waals surface area contributed by atoms with Crippen LogP contribution in [0, 0.1) is 0 Å². The largest absolute Gasteiger partial charge is 0.493 e. The second-order valence-corrected chi connectivity index (χ2v) is 9.05. The molecule has 138 valence electrons. The van der Waals surface area contributed by atoms with Gasteiger partial charge in [0.2, 0.25) is 10.0 Å². The molecule has 2 aliphatic heterocycles. The number of nitrogens with zero attached hydrogens (tertiary/aromatic N) is 2. The Morgan fingerprint density at radius 2 is 1.73 bits per heavy atom. The summed E-state index contributed by atoms with van der Waals surface area (Å²) in [5, 5.41) is 0.536. The minimum absolute atomic E-state index is 0.300. The van der Waals surface area contributed by atoms with Gasteiger partial charge in [-0.05, 0) is 41.5 Å². The van der Waals surface area contributed by atoms with Gasteiger partial charge in [0.25, 0.3) is 0 Å². The fraction of sp³-hybridized carbons (Fsp3) is 0.368. The summed E-state index contributed by atoms with van der Waals surface area (Å²) >= 11 is 5.86. The lowest BCUT2D eigenvalue weighted by molar-refractivity contribution is 0.181. The third kappa shape index (κ3) is 3.60. The number of hydrogen-bond acceptors (Lipinski definition) is 4. The highest BCUT2D eigenvalue weighted by molar-refractivity contribution is 7.89. The molecule has 2 aromatic carbocycles. The van der Waals surface area contributed by atoms with Gasteiger partial charge in [0.15, 0.2) is 0 Å². The first kappa shape index (κ1) is 17.8. The maximum atomic E-state index is 12.7. The van der Waals surface area contributed by atoms with Crippen LogP contribution in [0.2, 0.25) is 5.02 Å². The normalized spacial score (nSPS) is 18.5. The first-order valence-corrected chi connectivity index (χ1v) is 10.6. The molecule has 2 aromatic rings. The fourth-order valence-electron chi connectivity index (χ4n) is 3.48. The third-order valence-corrected chi connectivity index (χ3v) is 7.11. The zero-order chi connectivity index (χ0) is 18.1. The molecule has 26 heavy (non-hydrogen) atoms. The van der Waals surface area contributed by atoms with Gasteiger partial charge in [0, 0.05) is 44.2 Å². The minimum Gasteiger partial charge on any atom is -0.493 e. The summed E-state index contributed by atoms with van der Waals surface area (Å²) in [6.45, 7) is 4.04. The van der Waals surface area contributed by atoms with Crippen molar-refractivity contribution >= 4 is 21.6 Å². The van der Waals surface area contributed by atoms with Crippen LogP contribution in [-0.4, -0.2) is 50.4 Å². The first-order chi connectivity index (χ1) is 12.5. The molecule has 1 saturated heterocycles. The van der Waals surface area contributed by atoms with Gasteiger partial charge in [0.05, 0.1) is 11.5 Å². The number of hydrogen-bond donors (Lipinski definition) is 0. The SMILES string of the molecule is O=S(=O)(c1ccc(Cl)cc1)N1CCN(Cc2ccc3c(c2)CCO3)CC1. The molecule has 1 fully saturated rings. The fourth-order valence-corrected chi connectivity index (χ4v) is 5.03. The molecule has 4 rings (SSSR count). The quantitative estimate of drug-likeness (QED) is 0.802. The molecule has 7 heteroatoms. The molecule has 2 aliphatic rings. The molecule has 0 radical (unpaired) electrons. The summed E-state index contributed by atoms with van der Waals surface area (Å²) in [6, 6.07) is 12.7. The second-order valence-electron chi connectivity index (χ2n) is 6.67. The number of rotatable bonds is 4. The molecular formula is C19H21ClN2O3S. The Labute approximate surface area is 159 Å². The van der Waals surface area contributed by atoms with E-state index in [-0.39, 0.29) is 0 Å². The van der Waals surface area contributed by atoms with E-state index < -0.39 is 10.0 Å². The van der Waals surface area contributed by atoms with Crippen LogP contribution in [0.5, 0.6) is 5.75 Å². The molecule has 2 heterocycles. The van der Waals surface area contributed by atoms with Crippen molar-refractivity contribution in [2.75, 3.05) is 32.8 Å². The molecule has 0 atom stereocenters. The third-order valence-electron chi connectivity index (χ3n) is 4.94. The van der Waals surface area contributed by atoms with Crippen molar-refractivity contribution in [3.8, 4) is 5.75 Å². The molecule has 0 unspecified atom stereocenters. The van der Waals surface area contributed by atoms with Gasteiger partial charge >= 0.3 is 0 Å². The molecule has 0 N–H and O–H groups in total. The number of benzene rings is 2. The zero-order valence-electron chi connectivity index (χ0n) is 14.4. The number of ether oxygens (including phenoxy) is 1. The van der Waals surface area contributed by atoms with E-state index in [1.807, 2.05) is 6.07 Å². The first-order valence-electron chi connectivity index (χ1n) is 8.75. The van der Waals surface area contributed by atoms with E-state index in [2.05, 4.69) is 17.0 Å². The van der Waals surface area contributed by atoms with Crippen LogP contribution in [0.25, 0.3) is 0 Å². The predicted octanol–water partition coefficient (Wildman–Crippen LogP) is 2.78. The minimum atomic E-state index is -3.45. The molecular weight excluding hydrogens is 372 g/mol. The Balaban J connectivity index is 1.38.